The molecule has 0 aliphatic rings. The van der Waals surface area contributed by atoms with Crippen molar-refractivity contribution >= 4 is 6.29 Å². The van der Waals surface area contributed by atoms with E-state index in [1.165, 1.54) is 25.7 Å². The fourth-order valence-electron chi connectivity index (χ4n) is 1.50. The van der Waals surface area contributed by atoms with Gasteiger partial charge in [0.2, 0.25) is 0 Å². The van der Waals surface area contributed by atoms with Crippen molar-refractivity contribution < 1.29 is 4.79 Å². The van der Waals surface area contributed by atoms with Crippen LogP contribution in [-0.2, 0) is 4.79 Å². The number of hydrogen-bond acceptors (Lipinski definition) is 1. The lowest BCUT2D eigenvalue weighted by Gasteiger charge is -2.17. The van der Waals surface area contributed by atoms with E-state index < -0.39 is 0 Å². The minimum atomic E-state index is 0.619. The Hall–Kier alpha value is -0.330. The fourth-order valence-corrected chi connectivity index (χ4v) is 1.50. The second kappa shape index (κ2) is 7.33. The minimum Gasteiger partial charge on any atom is -0.303 e. The molecule has 0 saturated heterocycles. The molecule has 0 N–H and O–H groups in total. The topological polar surface area (TPSA) is 17.1 Å². The Balaban J connectivity index is 3.55. The molecule has 0 heterocycles. The number of carbonyl (C=O) groups excluding carboxylic acids is 1. The minimum absolute atomic E-state index is 0.619. The van der Waals surface area contributed by atoms with Crippen LogP contribution in [0.1, 0.15) is 52.9 Å². The van der Waals surface area contributed by atoms with Gasteiger partial charge in [-0.05, 0) is 18.3 Å². The maximum Gasteiger partial charge on any atom is 0.120 e. The molecule has 0 aromatic heterocycles. The quantitative estimate of drug-likeness (QED) is 0.422. The van der Waals surface area contributed by atoms with Crippen molar-refractivity contribution in [2.24, 2.45) is 11.8 Å². The summed E-state index contributed by atoms with van der Waals surface area (Å²) in [6, 6.07) is 0. The second-order valence-electron chi connectivity index (χ2n) is 3.90. The summed E-state index contributed by atoms with van der Waals surface area (Å²) in [6.45, 7) is 6.63. The lowest BCUT2D eigenvalue weighted by atomic mass is 9.88. The van der Waals surface area contributed by atoms with Crippen LogP contribution in [0.5, 0.6) is 0 Å². The van der Waals surface area contributed by atoms with Gasteiger partial charge in [0, 0.05) is 6.42 Å². The second-order valence-corrected chi connectivity index (χ2v) is 3.90. The summed E-state index contributed by atoms with van der Waals surface area (Å²) in [6.07, 6.45) is 6.91. The molecule has 0 saturated carbocycles. The SMILES string of the molecule is CCCCCC(CC=O)C(C)C. The first kappa shape index (κ1) is 11.7. The van der Waals surface area contributed by atoms with Crippen LogP contribution in [-0.4, -0.2) is 6.29 Å². The van der Waals surface area contributed by atoms with E-state index in [4.69, 9.17) is 0 Å². The van der Waals surface area contributed by atoms with Crippen molar-refractivity contribution in [3.63, 3.8) is 0 Å². The Morgan fingerprint density at radius 1 is 1.25 bits per heavy atom. The number of carbonyl (C=O) groups is 1. The van der Waals surface area contributed by atoms with Gasteiger partial charge in [0.05, 0.1) is 0 Å². The Labute approximate surface area is 76.6 Å². The molecule has 0 amide bonds. The zero-order valence-corrected chi connectivity index (χ0v) is 8.68. The number of unbranched alkanes of at least 4 members (excludes halogenated alkanes) is 2. The Morgan fingerprint density at radius 2 is 1.92 bits per heavy atom. The van der Waals surface area contributed by atoms with Crippen molar-refractivity contribution in [2.45, 2.75) is 52.9 Å². The molecule has 0 aromatic carbocycles. The summed E-state index contributed by atoms with van der Waals surface area (Å²) in [5.74, 6) is 1.28. The van der Waals surface area contributed by atoms with Crippen LogP contribution in [0.15, 0.2) is 0 Å². The van der Waals surface area contributed by atoms with Crippen LogP contribution in [0.2, 0.25) is 0 Å². The highest BCUT2D eigenvalue weighted by molar-refractivity contribution is 5.49. The van der Waals surface area contributed by atoms with Crippen LogP contribution in [0.4, 0.5) is 0 Å². The highest BCUT2D eigenvalue weighted by atomic mass is 16.1. The lowest BCUT2D eigenvalue weighted by Crippen LogP contribution is -2.09. The van der Waals surface area contributed by atoms with Gasteiger partial charge in [0.15, 0.2) is 0 Å². The molecule has 1 atom stereocenters. The van der Waals surface area contributed by atoms with Gasteiger partial charge in [-0.15, -0.1) is 0 Å². The summed E-state index contributed by atoms with van der Waals surface area (Å²) >= 11 is 0. The maximum atomic E-state index is 10.4. The van der Waals surface area contributed by atoms with Gasteiger partial charge in [0.25, 0.3) is 0 Å². The van der Waals surface area contributed by atoms with E-state index in [9.17, 15) is 4.79 Å². The first-order valence-electron chi connectivity index (χ1n) is 5.16. The van der Waals surface area contributed by atoms with Gasteiger partial charge in [-0.2, -0.15) is 0 Å². The van der Waals surface area contributed by atoms with Gasteiger partial charge in [0.1, 0.15) is 6.29 Å². The molecule has 0 fully saturated rings. The average Bonchev–Trinajstić information content (AvgIpc) is 2.03. The first-order chi connectivity index (χ1) is 5.72. The van der Waals surface area contributed by atoms with Crippen LogP contribution < -0.4 is 0 Å². The average molecular weight is 170 g/mol. The van der Waals surface area contributed by atoms with E-state index in [1.54, 1.807) is 0 Å². The third-order valence-electron chi connectivity index (χ3n) is 2.52. The number of hydrogen-bond donors (Lipinski definition) is 0. The van der Waals surface area contributed by atoms with Crippen LogP contribution in [0.25, 0.3) is 0 Å². The smallest absolute Gasteiger partial charge is 0.120 e. The monoisotopic (exact) mass is 170 g/mol. The van der Waals surface area contributed by atoms with Gasteiger partial charge in [-0.1, -0.05) is 40.0 Å². The molecule has 1 heteroatoms. The Bertz CT molecular complexity index is 108. The van der Waals surface area contributed by atoms with E-state index in [-0.39, 0.29) is 0 Å². The van der Waals surface area contributed by atoms with Crippen LogP contribution in [0.3, 0.4) is 0 Å². The normalized spacial score (nSPS) is 13.3. The van der Waals surface area contributed by atoms with E-state index in [1.807, 2.05) is 0 Å². The molecule has 0 aromatic rings. The Morgan fingerprint density at radius 3 is 2.33 bits per heavy atom. The zero-order chi connectivity index (χ0) is 9.40. The van der Waals surface area contributed by atoms with Crippen LogP contribution >= 0.6 is 0 Å². The molecular formula is C11H22O. The summed E-state index contributed by atoms with van der Waals surface area (Å²) in [5, 5.41) is 0. The third-order valence-corrected chi connectivity index (χ3v) is 2.52. The number of rotatable bonds is 7. The molecule has 72 valence electrons. The third kappa shape index (κ3) is 5.34. The van der Waals surface area contributed by atoms with Crippen molar-refractivity contribution in [1.29, 1.82) is 0 Å². The highest BCUT2D eigenvalue weighted by Gasteiger charge is 2.11. The van der Waals surface area contributed by atoms with Crippen molar-refractivity contribution in [3.05, 3.63) is 0 Å². The largest absolute Gasteiger partial charge is 0.303 e. The van der Waals surface area contributed by atoms with Gasteiger partial charge in [-0.25, -0.2) is 0 Å². The van der Waals surface area contributed by atoms with E-state index >= 15 is 0 Å². The predicted octanol–water partition coefficient (Wildman–Crippen LogP) is 3.43. The molecule has 0 aliphatic carbocycles. The molecule has 0 aliphatic heterocycles. The van der Waals surface area contributed by atoms with E-state index in [0.717, 1.165) is 12.7 Å². The van der Waals surface area contributed by atoms with Crippen molar-refractivity contribution in [1.82, 2.24) is 0 Å². The summed E-state index contributed by atoms with van der Waals surface area (Å²) in [7, 11) is 0. The first-order valence-corrected chi connectivity index (χ1v) is 5.16. The summed E-state index contributed by atoms with van der Waals surface area (Å²) in [5.41, 5.74) is 0. The molecule has 0 spiro atoms. The Kier molecular flexibility index (Phi) is 7.12. The summed E-state index contributed by atoms with van der Waals surface area (Å²) < 4.78 is 0. The zero-order valence-electron chi connectivity index (χ0n) is 8.68. The molecule has 12 heavy (non-hydrogen) atoms. The van der Waals surface area contributed by atoms with E-state index in [0.29, 0.717) is 11.8 Å². The van der Waals surface area contributed by atoms with Crippen molar-refractivity contribution in [3.8, 4) is 0 Å². The van der Waals surface area contributed by atoms with E-state index in [2.05, 4.69) is 20.8 Å². The molecule has 1 nitrogen and oxygen atoms in total. The lowest BCUT2D eigenvalue weighted by molar-refractivity contribution is -0.109. The predicted molar refractivity (Wildman–Crippen MR) is 53.2 cm³/mol. The van der Waals surface area contributed by atoms with Gasteiger partial charge in [-0.3, -0.25) is 0 Å². The van der Waals surface area contributed by atoms with Gasteiger partial charge < -0.3 is 4.79 Å². The molecule has 0 bridgehead atoms. The van der Waals surface area contributed by atoms with Crippen LogP contribution in [0, 0.1) is 11.8 Å². The number of aldehydes is 1. The van der Waals surface area contributed by atoms with Crippen molar-refractivity contribution in [2.75, 3.05) is 0 Å². The molecule has 0 radical (unpaired) electrons. The van der Waals surface area contributed by atoms with Gasteiger partial charge >= 0.3 is 0 Å². The molecular weight excluding hydrogens is 148 g/mol. The summed E-state index contributed by atoms with van der Waals surface area (Å²) in [4.78, 5) is 10.4. The molecule has 1 unspecified atom stereocenters. The highest BCUT2D eigenvalue weighted by Crippen LogP contribution is 2.20. The molecule has 0 rings (SSSR count). The fraction of sp³-hybridized carbons (Fsp3) is 0.909. The standard InChI is InChI=1S/C11H22O/c1-4-5-6-7-11(8-9-12)10(2)3/h9-11H,4-8H2,1-3H3. The maximum absolute atomic E-state index is 10.4.